The van der Waals surface area contributed by atoms with E-state index in [1.54, 1.807) is 21.3 Å². The van der Waals surface area contributed by atoms with Crippen molar-refractivity contribution in [1.82, 2.24) is 0 Å². The van der Waals surface area contributed by atoms with E-state index in [1.807, 2.05) is 18.2 Å². The Morgan fingerprint density at radius 1 is 0.938 bits per heavy atom. The summed E-state index contributed by atoms with van der Waals surface area (Å²) < 4.78 is 15.9. The highest BCUT2D eigenvalue weighted by molar-refractivity contribution is 5.18. The van der Waals surface area contributed by atoms with E-state index < -0.39 is 0 Å². The molecule has 90 valence electrons. The Labute approximate surface area is 97.3 Å². The second-order valence-electron chi connectivity index (χ2n) is 3.74. The van der Waals surface area contributed by atoms with E-state index in [1.165, 1.54) is 0 Å². The van der Waals surface area contributed by atoms with Crippen molar-refractivity contribution in [2.75, 3.05) is 34.5 Å². The first-order valence-corrected chi connectivity index (χ1v) is 5.39. The van der Waals surface area contributed by atoms with Crippen LogP contribution in [0.15, 0.2) is 30.3 Å². The number of methoxy groups -OCH3 is 3. The maximum absolute atomic E-state index is 5.54. The third-order valence-electron chi connectivity index (χ3n) is 2.57. The smallest absolute Gasteiger partial charge is 0.0893 e. The summed E-state index contributed by atoms with van der Waals surface area (Å²) in [6.07, 6.45) is 0.0149. The van der Waals surface area contributed by atoms with Crippen LogP contribution in [0.25, 0.3) is 0 Å². The molecule has 0 aromatic heterocycles. The summed E-state index contributed by atoms with van der Waals surface area (Å²) in [6.45, 7) is 1.25. The predicted molar refractivity (Wildman–Crippen MR) is 63.4 cm³/mol. The van der Waals surface area contributed by atoms with Crippen LogP contribution in [0, 0.1) is 5.92 Å². The van der Waals surface area contributed by atoms with Gasteiger partial charge in [0.2, 0.25) is 0 Å². The topological polar surface area (TPSA) is 27.7 Å². The van der Waals surface area contributed by atoms with Crippen LogP contribution in [-0.2, 0) is 14.2 Å². The zero-order valence-corrected chi connectivity index (χ0v) is 10.2. The molecule has 3 nitrogen and oxygen atoms in total. The van der Waals surface area contributed by atoms with Crippen molar-refractivity contribution in [1.29, 1.82) is 0 Å². The lowest BCUT2D eigenvalue weighted by atomic mass is 9.97. The highest BCUT2D eigenvalue weighted by atomic mass is 16.5. The minimum atomic E-state index is 0.0149. The van der Waals surface area contributed by atoms with Gasteiger partial charge < -0.3 is 14.2 Å². The SMILES string of the molecule is COCC(COC)C(OC)c1ccccc1. The Morgan fingerprint density at radius 3 is 1.94 bits per heavy atom. The molecule has 0 heterocycles. The lowest BCUT2D eigenvalue weighted by Gasteiger charge is -2.25. The van der Waals surface area contributed by atoms with Gasteiger partial charge in [0, 0.05) is 27.2 Å². The van der Waals surface area contributed by atoms with Crippen LogP contribution in [0.1, 0.15) is 11.7 Å². The van der Waals surface area contributed by atoms with Gasteiger partial charge in [-0.1, -0.05) is 30.3 Å². The van der Waals surface area contributed by atoms with Gasteiger partial charge in [-0.3, -0.25) is 0 Å². The molecule has 1 aromatic rings. The maximum atomic E-state index is 5.54. The van der Waals surface area contributed by atoms with Crippen LogP contribution in [0.4, 0.5) is 0 Å². The fourth-order valence-electron chi connectivity index (χ4n) is 1.89. The molecule has 1 rings (SSSR count). The largest absolute Gasteiger partial charge is 0.384 e. The van der Waals surface area contributed by atoms with Crippen LogP contribution >= 0.6 is 0 Å². The van der Waals surface area contributed by atoms with E-state index in [0.717, 1.165) is 5.56 Å². The summed E-state index contributed by atoms with van der Waals surface area (Å²) in [5.74, 6) is 0.211. The van der Waals surface area contributed by atoms with Crippen LogP contribution < -0.4 is 0 Å². The van der Waals surface area contributed by atoms with Gasteiger partial charge in [-0.15, -0.1) is 0 Å². The maximum Gasteiger partial charge on any atom is 0.0893 e. The van der Waals surface area contributed by atoms with E-state index >= 15 is 0 Å². The molecule has 0 N–H and O–H groups in total. The molecule has 1 unspecified atom stereocenters. The zero-order valence-electron chi connectivity index (χ0n) is 10.2. The minimum absolute atomic E-state index is 0.0149. The minimum Gasteiger partial charge on any atom is -0.384 e. The van der Waals surface area contributed by atoms with Crippen molar-refractivity contribution in [3.05, 3.63) is 35.9 Å². The average Bonchev–Trinajstić information content (AvgIpc) is 2.32. The molecule has 0 bridgehead atoms. The van der Waals surface area contributed by atoms with Crippen LogP contribution in [0.3, 0.4) is 0 Å². The van der Waals surface area contributed by atoms with Gasteiger partial charge >= 0.3 is 0 Å². The predicted octanol–water partition coefficient (Wildman–Crippen LogP) is 2.28. The van der Waals surface area contributed by atoms with Gasteiger partial charge in [0.1, 0.15) is 0 Å². The Balaban J connectivity index is 2.77. The van der Waals surface area contributed by atoms with E-state index in [2.05, 4.69) is 12.1 Å². The Kier molecular flexibility index (Phi) is 6.08. The molecule has 0 aliphatic carbocycles. The molecule has 0 spiro atoms. The summed E-state index contributed by atoms with van der Waals surface area (Å²) >= 11 is 0. The number of benzene rings is 1. The first-order valence-electron chi connectivity index (χ1n) is 5.39. The molecule has 0 aliphatic heterocycles. The average molecular weight is 224 g/mol. The lowest BCUT2D eigenvalue weighted by Crippen LogP contribution is -2.24. The summed E-state index contributed by atoms with van der Waals surface area (Å²) in [7, 11) is 5.11. The van der Waals surface area contributed by atoms with Crippen molar-refractivity contribution in [3.63, 3.8) is 0 Å². The summed E-state index contributed by atoms with van der Waals surface area (Å²) in [4.78, 5) is 0. The fourth-order valence-corrected chi connectivity index (χ4v) is 1.89. The summed E-state index contributed by atoms with van der Waals surface area (Å²) in [5.41, 5.74) is 1.16. The normalized spacial score (nSPS) is 13.0. The molecule has 0 radical (unpaired) electrons. The van der Waals surface area contributed by atoms with Gasteiger partial charge in [-0.05, 0) is 5.56 Å². The number of hydrogen-bond donors (Lipinski definition) is 0. The first-order chi connectivity index (χ1) is 7.83. The van der Waals surface area contributed by atoms with Crippen molar-refractivity contribution in [3.8, 4) is 0 Å². The van der Waals surface area contributed by atoms with E-state index in [9.17, 15) is 0 Å². The van der Waals surface area contributed by atoms with Crippen LogP contribution in [0.2, 0.25) is 0 Å². The fraction of sp³-hybridized carbons (Fsp3) is 0.538. The molecule has 0 amide bonds. The van der Waals surface area contributed by atoms with Crippen molar-refractivity contribution >= 4 is 0 Å². The molecule has 0 aliphatic rings. The molecule has 16 heavy (non-hydrogen) atoms. The Hall–Kier alpha value is -0.900. The molecule has 1 aromatic carbocycles. The molecule has 3 heteroatoms. The highest BCUT2D eigenvalue weighted by Crippen LogP contribution is 2.25. The lowest BCUT2D eigenvalue weighted by molar-refractivity contribution is -0.0208. The van der Waals surface area contributed by atoms with Crippen molar-refractivity contribution in [2.45, 2.75) is 6.10 Å². The zero-order chi connectivity index (χ0) is 11.8. The third kappa shape index (κ3) is 3.59. The van der Waals surface area contributed by atoms with Gasteiger partial charge in [0.15, 0.2) is 0 Å². The molecule has 0 saturated carbocycles. The number of rotatable bonds is 7. The van der Waals surface area contributed by atoms with Crippen LogP contribution in [-0.4, -0.2) is 34.5 Å². The molecular formula is C13H20O3. The third-order valence-corrected chi connectivity index (χ3v) is 2.57. The second kappa shape index (κ2) is 7.39. The standard InChI is InChI=1S/C13H20O3/c1-14-9-12(10-15-2)13(16-3)11-7-5-4-6-8-11/h4-8,12-13H,9-10H2,1-3H3. The molecule has 1 atom stereocenters. The van der Waals surface area contributed by atoms with Gasteiger partial charge in [-0.2, -0.15) is 0 Å². The monoisotopic (exact) mass is 224 g/mol. The first kappa shape index (κ1) is 13.2. The highest BCUT2D eigenvalue weighted by Gasteiger charge is 2.22. The Bertz CT molecular complexity index is 268. The van der Waals surface area contributed by atoms with Gasteiger partial charge in [0.25, 0.3) is 0 Å². The van der Waals surface area contributed by atoms with E-state index in [0.29, 0.717) is 13.2 Å². The quantitative estimate of drug-likeness (QED) is 0.711. The second-order valence-corrected chi connectivity index (χ2v) is 3.74. The number of hydrogen-bond acceptors (Lipinski definition) is 3. The van der Waals surface area contributed by atoms with Gasteiger partial charge in [-0.25, -0.2) is 0 Å². The molecule has 0 fully saturated rings. The molecule has 0 saturated heterocycles. The van der Waals surface area contributed by atoms with Crippen molar-refractivity contribution < 1.29 is 14.2 Å². The van der Waals surface area contributed by atoms with Crippen LogP contribution in [0.5, 0.6) is 0 Å². The summed E-state index contributed by atoms with van der Waals surface area (Å²) in [5, 5.41) is 0. The van der Waals surface area contributed by atoms with Crippen molar-refractivity contribution in [2.24, 2.45) is 5.92 Å². The van der Waals surface area contributed by atoms with E-state index in [-0.39, 0.29) is 12.0 Å². The van der Waals surface area contributed by atoms with E-state index in [4.69, 9.17) is 14.2 Å². The van der Waals surface area contributed by atoms with Gasteiger partial charge in [0.05, 0.1) is 19.3 Å². The Morgan fingerprint density at radius 2 is 1.50 bits per heavy atom. The molecular weight excluding hydrogens is 204 g/mol. The summed E-state index contributed by atoms with van der Waals surface area (Å²) in [6, 6.07) is 10.1. The number of ether oxygens (including phenoxy) is 3.